The zero-order chi connectivity index (χ0) is 15.4. The van der Waals surface area contributed by atoms with E-state index in [1.807, 2.05) is 19.9 Å². The lowest BCUT2D eigenvalue weighted by Crippen LogP contribution is -2.26. The van der Waals surface area contributed by atoms with Gasteiger partial charge in [-0.15, -0.1) is 0 Å². The van der Waals surface area contributed by atoms with Crippen LogP contribution in [0.25, 0.3) is 0 Å². The number of allylic oxidation sites excluding steroid dienone is 1. The summed E-state index contributed by atoms with van der Waals surface area (Å²) in [6, 6.07) is 0. The molecule has 0 heterocycles. The molecule has 0 spiro atoms. The first kappa shape index (κ1) is 19.1. The molecule has 1 amide bonds. The lowest BCUT2D eigenvalue weighted by molar-refractivity contribution is -0.125. The third-order valence-corrected chi connectivity index (χ3v) is 2.91. The summed E-state index contributed by atoms with van der Waals surface area (Å²) in [5.41, 5.74) is 0.830. The van der Waals surface area contributed by atoms with Gasteiger partial charge in [0.2, 0.25) is 5.91 Å². The van der Waals surface area contributed by atoms with Crippen LogP contribution >= 0.6 is 0 Å². The van der Waals surface area contributed by atoms with Crippen LogP contribution in [0.2, 0.25) is 0 Å². The Balaban J connectivity index is 3.99. The predicted molar refractivity (Wildman–Crippen MR) is 82.8 cm³/mol. The lowest BCUT2D eigenvalue weighted by Gasteiger charge is -2.18. The monoisotopic (exact) mass is 285 g/mol. The number of hydrogen-bond acceptors (Lipinski definition) is 3. The van der Waals surface area contributed by atoms with Crippen LogP contribution < -0.4 is 0 Å². The minimum Gasteiger partial charge on any atom is -0.379 e. The topological polar surface area (TPSA) is 38.8 Å². The van der Waals surface area contributed by atoms with Gasteiger partial charge in [0, 0.05) is 32.7 Å². The molecular weight excluding hydrogens is 254 g/mol. The summed E-state index contributed by atoms with van der Waals surface area (Å²) in [5, 5.41) is 0. The van der Waals surface area contributed by atoms with Crippen molar-refractivity contribution in [1.82, 2.24) is 4.90 Å². The molecule has 1 atom stereocenters. The van der Waals surface area contributed by atoms with Gasteiger partial charge in [0.1, 0.15) is 0 Å². The maximum atomic E-state index is 12.0. The number of carbonyl (C=O) groups is 1. The van der Waals surface area contributed by atoms with E-state index in [9.17, 15) is 4.79 Å². The predicted octanol–water partition coefficient (Wildman–Crippen LogP) is 3.02. The molecule has 0 aromatic heterocycles. The van der Waals surface area contributed by atoms with Crippen LogP contribution in [-0.2, 0) is 14.3 Å². The van der Waals surface area contributed by atoms with Crippen LogP contribution in [-0.4, -0.2) is 50.8 Å². The van der Waals surface area contributed by atoms with Gasteiger partial charge in [0.25, 0.3) is 0 Å². The molecule has 1 unspecified atom stereocenters. The van der Waals surface area contributed by atoms with E-state index in [-0.39, 0.29) is 12.0 Å². The molecule has 0 bridgehead atoms. The van der Waals surface area contributed by atoms with Crippen molar-refractivity contribution in [3.05, 3.63) is 11.6 Å². The number of likely N-dealkylation sites (N-methyl/N-ethyl adjacent to an activating group) is 1. The van der Waals surface area contributed by atoms with Crippen molar-refractivity contribution in [3.8, 4) is 0 Å². The molecule has 0 fully saturated rings. The Morgan fingerprint density at radius 1 is 1.20 bits per heavy atom. The van der Waals surface area contributed by atoms with E-state index in [1.54, 1.807) is 19.0 Å². The van der Waals surface area contributed by atoms with E-state index in [1.165, 1.54) is 0 Å². The summed E-state index contributed by atoms with van der Waals surface area (Å²) < 4.78 is 11.1. The quantitative estimate of drug-likeness (QED) is 0.433. The van der Waals surface area contributed by atoms with E-state index >= 15 is 0 Å². The number of rotatable bonds is 11. The smallest absolute Gasteiger partial charge is 0.249 e. The highest BCUT2D eigenvalue weighted by Gasteiger charge is 2.14. The van der Waals surface area contributed by atoms with Gasteiger partial charge in [-0.1, -0.05) is 26.3 Å². The van der Waals surface area contributed by atoms with Gasteiger partial charge in [0.15, 0.2) is 0 Å². The van der Waals surface area contributed by atoms with Crippen LogP contribution in [0, 0.1) is 0 Å². The highest BCUT2D eigenvalue weighted by Crippen LogP contribution is 2.12. The maximum Gasteiger partial charge on any atom is 0.249 e. The minimum absolute atomic E-state index is 0.0338. The molecule has 0 aliphatic heterocycles. The van der Waals surface area contributed by atoms with Crippen molar-refractivity contribution >= 4 is 5.91 Å². The Kier molecular flexibility index (Phi) is 11.4. The van der Waals surface area contributed by atoms with Gasteiger partial charge in [-0.3, -0.25) is 4.79 Å². The standard InChI is InChI=1S/C16H31NO3/c1-6-8-10-19-11-12-20-14(3)13-15(9-7-2)16(18)17(4)5/h9,14H,6-8,10-13H2,1-5H3/b15-9+. The maximum absolute atomic E-state index is 12.0. The zero-order valence-electron chi connectivity index (χ0n) is 13.8. The van der Waals surface area contributed by atoms with E-state index in [4.69, 9.17) is 9.47 Å². The van der Waals surface area contributed by atoms with Gasteiger partial charge in [-0.2, -0.15) is 0 Å². The van der Waals surface area contributed by atoms with Gasteiger partial charge >= 0.3 is 0 Å². The van der Waals surface area contributed by atoms with Crippen LogP contribution in [0.1, 0.15) is 46.5 Å². The molecule has 0 aromatic rings. The number of amides is 1. The molecule has 0 aliphatic carbocycles. The minimum atomic E-state index is 0.0338. The molecule has 0 aliphatic rings. The fourth-order valence-electron chi connectivity index (χ4n) is 1.82. The van der Waals surface area contributed by atoms with Crippen LogP contribution in [0.3, 0.4) is 0 Å². The Morgan fingerprint density at radius 2 is 1.90 bits per heavy atom. The summed E-state index contributed by atoms with van der Waals surface area (Å²) >= 11 is 0. The molecular formula is C16H31NO3. The number of unbranched alkanes of at least 4 members (excludes halogenated alkanes) is 1. The van der Waals surface area contributed by atoms with Gasteiger partial charge < -0.3 is 14.4 Å². The molecule has 20 heavy (non-hydrogen) atoms. The molecule has 4 nitrogen and oxygen atoms in total. The molecule has 0 radical (unpaired) electrons. The summed E-state index contributed by atoms with van der Waals surface area (Å²) in [5.74, 6) is 0.0708. The highest BCUT2D eigenvalue weighted by atomic mass is 16.5. The van der Waals surface area contributed by atoms with Gasteiger partial charge in [-0.25, -0.2) is 0 Å². The van der Waals surface area contributed by atoms with E-state index in [0.29, 0.717) is 19.6 Å². The Morgan fingerprint density at radius 3 is 2.45 bits per heavy atom. The zero-order valence-corrected chi connectivity index (χ0v) is 13.8. The first-order valence-electron chi connectivity index (χ1n) is 7.62. The summed E-state index contributed by atoms with van der Waals surface area (Å²) in [4.78, 5) is 13.6. The summed E-state index contributed by atoms with van der Waals surface area (Å²) in [7, 11) is 3.55. The van der Waals surface area contributed by atoms with Gasteiger partial charge in [0.05, 0.1) is 19.3 Å². The Bertz CT molecular complexity index is 287. The molecule has 0 N–H and O–H groups in total. The average Bonchev–Trinajstić information content (AvgIpc) is 2.41. The van der Waals surface area contributed by atoms with Crippen molar-refractivity contribution in [3.63, 3.8) is 0 Å². The number of carbonyl (C=O) groups excluding carboxylic acids is 1. The van der Waals surface area contributed by atoms with Crippen LogP contribution in [0.5, 0.6) is 0 Å². The van der Waals surface area contributed by atoms with Crippen molar-refractivity contribution < 1.29 is 14.3 Å². The van der Waals surface area contributed by atoms with Crippen LogP contribution in [0.15, 0.2) is 11.6 Å². The third-order valence-electron chi connectivity index (χ3n) is 2.91. The summed E-state index contributed by atoms with van der Waals surface area (Å²) in [6.07, 6.45) is 5.78. The van der Waals surface area contributed by atoms with Crippen molar-refractivity contribution in [1.29, 1.82) is 0 Å². The second-order valence-electron chi connectivity index (χ2n) is 5.19. The normalized spacial score (nSPS) is 13.3. The second kappa shape index (κ2) is 11.9. The van der Waals surface area contributed by atoms with Crippen molar-refractivity contribution in [2.45, 2.75) is 52.6 Å². The average molecular weight is 285 g/mol. The molecule has 0 saturated heterocycles. The van der Waals surface area contributed by atoms with Gasteiger partial charge in [-0.05, 0) is 19.8 Å². The van der Waals surface area contributed by atoms with Crippen molar-refractivity contribution in [2.75, 3.05) is 33.9 Å². The first-order valence-corrected chi connectivity index (χ1v) is 7.62. The largest absolute Gasteiger partial charge is 0.379 e. The Hall–Kier alpha value is -0.870. The van der Waals surface area contributed by atoms with E-state index < -0.39 is 0 Å². The highest BCUT2D eigenvalue weighted by molar-refractivity contribution is 5.93. The number of ether oxygens (including phenoxy) is 2. The molecule has 0 rings (SSSR count). The Labute approximate surface area is 124 Å². The number of nitrogens with zero attached hydrogens (tertiary/aromatic N) is 1. The third kappa shape index (κ3) is 9.10. The summed E-state index contributed by atoms with van der Waals surface area (Å²) in [6.45, 7) is 8.19. The first-order chi connectivity index (χ1) is 9.52. The fourth-order valence-corrected chi connectivity index (χ4v) is 1.82. The van der Waals surface area contributed by atoms with Crippen molar-refractivity contribution in [2.24, 2.45) is 0 Å². The second-order valence-corrected chi connectivity index (χ2v) is 5.19. The van der Waals surface area contributed by atoms with E-state index in [2.05, 4.69) is 6.92 Å². The SMILES string of the molecule is CC/C=C(\CC(C)OCCOCCCC)C(=O)N(C)C. The lowest BCUT2D eigenvalue weighted by atomic mass is 10.1. The molecule has 0 aromatic carbocycles. The van der Waals surface area contributed by atoms with E-state index in [0.717, 1.165) is 31.4 Å². The molecule has 118 valence electrons. The van der Waals surface area contributed by atoms with Crippen LogP contribution in [0.4, 0.5) is 0 Å². The molecule has 0 saturated carbocycles. The molecule has 4 heteroatoms. The number of hydrogen-bond donors (Lipinski definition) is 0. The fraction of sp³-hybridized carbons (Fsp3) is 0.812.